The van der Waals surface area contributed by atoms with Crippen LogP contribution in [0.4, 0.5) is 17.1 Å². The van der Waals surface area contributed by atoms with Crippen LogP contribution in [0.25, 0.3) is 50.2 Å². The fraction of sp³-hybridized carbons (Fsp3) is 0. The molecule has 1 aliphatic heterocycles. The number of pyridine rings is 1. The Hall–Kier alpha value is -4.90. The third-order valence-corrected chi connectivity index (χ3v) is 6.80. The van der Waals surface area contributed by atoms with Gasteiger partial charge in [0.2, 0.25) is 5.89 Å². The van der Waals surface area contributed by atoms with E-state index in [2.05, 4.69) is 87.2 Å². The van der Waals surface area contributed by atoms with Crippen LogP contribution in [0.1, 0.15) is 0 Å². The molecular weight excluding hydrogens is 432 g/mol. The van der Waals surface area contributed by atoms with E-state index in [1.807, 2.05) is 36.5 Å². The molecule has 4 heterocycles. The third kappa shape index (κ3) is 2.52. The van der Waals surface area contributed by atoms with Crippen molar-refractivity contribution in [2.24, 2.45) is 0 Å². The number of hydrogen-bond donors (Lipinski definition) is 0. The number of benzene rings is 4. The fourth-order valence-corrected chi connectivity index (χ4v) is 5.31. The van der Waals surface area contributed by atoms with E-state index in [-0.39, 0.29) is 0 Å². The van der Waals surface area contributed by atoms with E-state index in [4.69, 9.17) is 9.40 Å². The Kier molecular flexibility index (Phi) is 3.60. The number of anilines is 3. The van der Waals surface area contributed by atoms with Crippen LogP contribution in [0.5, 0.6) is 0 Å². The number of fused-ring (bicyclic) bond motifs is 6. The molecule has 0 spiro atoms. The highest BCUT2D eigenvalue weighted by atomic mass is 16.3. The highest BCUT2D eigenvalue weighted by molar-refractivity contribution is 6.16. The maximum Gasteiger partial charge on any atom is 0.246 e. The van der Waals surface area contributed by atoms with E-state index < -0.39 is 0 Å². The van der Waals surface area contributed by atoms with Crippen LogP contribution in [0.15, 0.2) is 114 Å². The van der Waals surface area contributed by atoms with Crippen LogP contribution in [0.3, 0.4) is 0 Å². The predicted molar refractivity (Wildman–Crippen MR) is 140 cm³/mol. The van der Waals surface area contributed by atoms with E-state index in [0.29, 0.717) is 11.6 Å². The van der Waals surface area contributed by atoms with E-state index in [1.165, 1.54) is 21.8 Å². The molecule has 0 saturated carbocycles. The second kappa shape index (κ2) is 6.81. The molecule has 164 valence electrons. The van der Waals surface area contributed by atoms with Gasteiger partial charge in [-0.2, -0.15) is 0 Å². The summed E-state index contributed by atoms with van der Waals surface area (Å²) in [4.78, 5) is 11.6. The molecule has 8 rings (SSSR count). The summed E-state index contributed by atoms with van der Waals surface area (Å²) >= 11 is 0. The molecular formula is C30H18N4O. The highest BCUT2D eigenvalue weighted by Gasteiger charge is 2.28. The minimum absolute atomic E-state index is 0.527. The van der Waals surface area contributed by atoms with Crippen molar-refractivity contribution in [2.45, 2.75) is 0 Å². The van der Waals surface area contributed by atoms with Gasteiger partial charge in [-0.05, 0) is 48.5 Å². The molecule has 0 N–H and O–H groups in total. The van der Waals surface area contributed by atoms with Crippen LogP contribution in [0, 0.1) is 0 Å². The van der Waals surface area contributed by atoms with Gasteiger partial charge in [0.15, 0.2) is 5.58 Å². The predicted octanol–water partition coefficient (Wildman–Crippen LogP) is 7.77. The summed E-state index contributed by atoms with van der Waals surface area (Å²) < 4.78 is 8.31. The maximum atomic E-state index is 5.93. The Labute approximate surface area is 200 Å². The molecule has 0 amide bonds. The molecule has 0 aliphatic carbocycles. The topological polar surface area (TPSA) is 47.1 Å². The van der Waals surface area contributed by atoms with Crippen molar-refractivity contribution < 1.29 is 4.42 Å². The first-order chi connectivity index (χ1) is 17.4. The number of rotatable bonds is 2. The van der Waals surface area contributed by atoms with Gasteiger partial charge in [0.05, 0.1) is 40.0 Å². The van der Waals surface area contributed by atoms with Crippen molar-refractivity contribution in [2.75, 3.05) is 4.90 Å². The Morgan fingerprint density at radius 3 is 2.29 bits per heavy atom. The molecule has 4 aromatic carbocycles. The first-order valence-electron chi connectivity index (χ1n) is 11.6. The smallest absolute Gasteiger partial charge is 0.246 e. The molecule has 0 atom stereocenters. The van der Waals surface area contributed by atoms with Gasteiger partial charge >= 0.3 is 0 Å². The maximum absolute atomic E-state index is 5.93. The first-order valence-corrected chi connectivity index (χ1v) is 11.6. The normalized spacial score (nSPS) is 12.5. The van der Waals surface area contributed by atoms with Crippen molar-refractivity contribution in [3.05, 3.63) is 109 Å². The number of nitrogens with zero attached hydrogens (tertiary/aromatic N) is 4. The average molecular weight is 451 g/mol. The number of oxazole rings is 1. The lowest BCUT2D eigenvalue weighted by Crippen LogP contribution is -2.18. The average Bonchev–Trinajstić information content (AvgIpc) is 3.50. The van der Waals surface area contributed by atoms with Gasteiger partial charge in [0.25, 0.3) is 0 Å². The summed E-state index contributed by atoms with van der Waals surface area (Å²) in [5.74, 6) is 0.527. The van der Waals surface area contributed by atoms with Crippen molar-refractivity contribution in [1.82, 2.24) is 14.5 Å². The number of aromatic nitrogens is 3. The SMILES string of the molecule is c1ccc2c(c1)N(c1ccc(-c3nc4ccccc4o3)nc1)c1cccc3c4ccccc4n-2c13. The van der Waals surface area contributed by atoms with Gasteiger partial charge in [0.1, 0.15) is 11.2 Å². The van der Waals surface area contributed by atoms with Gasteiger partial charge in [-0.15, -0.1) is 0 Å². The van der Waals surface area contributed by atoms with Crippen molar-refractivity contribution in [1.29, 1.82) is 0 Å². The Morgan fingerprint density at radius 1 is 0.629 bits per heavy atom. The van der Waals surface area contributed by atoms with Gasteiger partial charge in [-0.1, -0.05) is 54.6 Å². The molecule has 0 radical (unpaired) electrons. The van der Waals surface area contributed by atoms with Crippen LogP contribution < -0.4 is 4.90 Å². The highest BCUT2D eigenvalue weighted by Crippen LogP contribution is 2.49. The second-order valence-corrected chi connectivity index (χ2v) is 8.74. The zero-order valence-corrected chi connectivity index (χ0v) is 18.6. The standard InChI is InChI=1S/C30H18N4O/c1-3-11-24-20(8-1)21-9-7-14-27-29(21)34(24)26-13-5-4-12-25(26)33(27)19-16-17-23(31-18-19)30-32-22-10-2-6-15-28(22)35-30/h1-18H. The molecule has 0 unspecified atom stereocenters. The van der Waals surface area contributed by atoms with Crippen molar-refractivity contribution in [3.63, 3.8) is 0 Å². The van der Waals surface area contributed by atoms with Crippen LogP contribution in [0.2, 0.25) is 0 Å². The zero-order valence-electron chi connectivity index (χ0n) is 18.6. The lowest BCUT2D eigenvalue weighted by molar-refractivity contribution is 0.617. The summed E-state index contributed by atoms with van der Waals surface area (Å²) in [5.41, 5.74) is 9.11. The van der Waals surface area contributed by atoms with Crippen molar-refractivity contribution in [3.8, 4) is 17.3 Å². The molecule has 5 heteroatoms. The molecule has 0 saturated heterocycles. The lowest BCUT2D eigenvalue weighted by Gasteiger charge is -2.32. The molecule has 1 aliphatic rings. The lowest BCUT2D eigenvalue weighted by atomic mass is 10.1. The summed E-state index contributed by atoms with van der Waals surface area (Å²) in [6, 6.07) is 35.5. The summed E-state index contributed by atoms with van der Waals surface area (Å²) in [5, 5.41) is 2.50. The molecule has 5 nitrogen and oxygen atoms in total. The quantitative estimate of drug-likeness (QED) is 0.270. The summed E-state index contributed by atoms with van der Waals surface area (Å²) in [7, 11) is 0. The number of para-hydroxylation sites is 6. The van der Waals surface area contributed by atoms with Gasteiger partial charge in [0, 0.05) is 10.8 Å². The van der Waals surface area contributed by atoms with Gasteiger partial charge in [-0.3, -0.25) is 0 Å². The Balaban J connectivity index is 1.34. The van der Waals surface area contributed by atoms with Gasteiger partial charge < -0.3 is 13.9 Å². The largest absolute Gasteiger partial charge is 0.435 e. The Bertz CT molecular complexity index is 1880. The van der Waals surface area contributed by atoms with E-state index in [0.717, 1.165) is 33.8 Å². The van der Waals surface area contributed by atoms with E-state index >= 15 is 0 Å². The van der Waals surface area contributed by atoms with Crippen LogP contribution in [-0.2, 0) is 0 Å². The van der Waals surface area contributed by atoms with Crippen LogP contribution in [-0.4, -0.2) is 14.5 Å². The van der Waals surface area contributed by atoms with Crippen molar-refractivity contribution >= 4 is 50.0 Å². The molecule has 3 aromatic heterocycles. The monoisotopic (exact) mass is 450 g/mol. The van der Waals surface area contributed by atoms with E-state index in [9.17, 15) is 0 Å². The van der Waals surface area contributed by atoms with Crippen LogP contribution >= 0.6 is 0 Å². The van der Waals surface area contributed by atoms with E-state index in [1.54, 1.807) is 0 Å². The zero-order chi connectivity index (χ0) is 22.9. The summed E-state index contributed by atoms with van der Waals surface area (Å²) in [6.45, 7) is 0. The molecule has 0 bridgehead atoms. The first kappa shape index (κ1) is 18.5. The molecule has 35 heavy (non-hydrogen) atoms. The third-order valence-electron chi connectivity index (χ3n) is 6.80. The van der Waals surface area contributed by atoms with Gasteiger partial charge in [-0.25, -0.2) is 9.97 Å². The second-order valence-electron chi connectivity index (χ2n) is 8.74. The minimum atomic E-state index is 0.527. The molecule has 7 aromatic rings. The molecule has 0 fully saturated rings. The number of hydrogen-bond acceptors (Lipinski definition) is 4. The fourth-order valence-electron chi connectivity index (χ4n) is 5.31. The minimum Gasteiger partial charge on any atom is -0.435 e. The summed E-state index contributed by atoms with van der Waals surface area (Å²) in [6.07, 6.45) is 1.90. The Morgan fingerprint density at radius 2 is 1.40 bits per heavy atom.